The molecular formula is C8H5BrF3NO. The van der Waals surface area contributed by atoms with Crippen molar-refractivity contribution >= 4 is 27.5 Å². The van der Waals surface area contributed by atoms with Crippen molar-refractivity contribution in [2.24, 2.45) is 0 Å². The maximum Gasteiger partial charge on any atom is 0.315 e. The standard InChI is InChI=1S/C8H5BrF3NO/c9-5-3-4(1-2-6(5)10)13-8(14)7(11)12/h1-3,7H,(H,13,14). The summed E-state index contributed by atoms with van der Waals surface area (Å²) < 4.78 is 36.4. The van der Waals surface area contributed by atoms with Crippen LogP contribution in [0.3, 0.4) is 0 Å². The summed E-state index contributed by atoms with van der Waals surface area (Å²) in [6, 6.07) is 3.46. The predicted molar refractivity (Wildman–Crippen MR) is 48.7 cm³/mol. The summed E-state index contributed by atoms with van der Waals surface area (Å²) in [7, 11) is 0. The van der Waals surface area contributed by atoms with E-state index in [9.17, 15) is 18.0 Å². The van der Waals surface area contributed by atoms with E-state index in [4.69, 9.17) is 0 Å². The summed E-state index contributed by atoms with van der Waals surface area (Å²) >= 11 is 2.86. The van der Waals surface area contributed by atoms with E-state index in [0.29, 0.717) is 0 Å². The van der Waals surface area contributed by atoms with Gasteiger partial charge in [-0.25, -0.2) is 4.39 Å². The minimum absolute atomic E-state index is 0.101. The highest BCUT2D eigenvalue weighted by Gasteiger charge is 2.15. The molecule has 0 saturated heterocycles. The van der Waals surface area contributed by atoms with Crippen LogP contribution in [-0.2, 0) is 4.79 Å². The molecule has 0 saturated carbocycles. The summed E-state index contributed by atoms with van der Waals surface area (Å²) in [6.07, 6.45) is -3.08. The first-order valence-electron chi connectivity index (χ1n) is 3.55. The lowest BCUT2D eigenvalue weighted by Gasteiger charge is -2.04. The van der Waals surface area contributed by atoms with Crippen LogP contribution in [0.4, 0.5) is 18.9 Å². The molecule has 14 heavy (non-hydrogen) atoms. The maximum absolute atomic E-state index is 12.7. The first-order valence-corrected chi connectivity index (χ1v) is 4.34. The van der Waals surface area contributed by atoms with Crippen molar-refractivity contribution in [3.05, 3.63) is 28.5 Å². The van der Waals surface area contributed by atoms with Gasteiger partial charge in [0.25, 0.3) is 5.91 Å². The summed E-state index contributed by atoms with van der Waals surface area (Å²) in [5.74, 6) is -1.94. The Kier molecular flexibility index (Phi) is 3.51. The first kappa shape index (κ1) is 11.0. The monoisotopic (exact) mass is 267 g/mol. The fourth-order valence-electron chi connectivity index (χ4n) is 0.771. The number of alkyl halides is 2. The number of amides is 1. The third-order valence-corrected chi connectivity index (χ3v) is 1.99. The Morgan fingerprint density at radius 3 is 2.57 bits per heavy atom. The molecule has 76 valence electrons. The molecule has 0 aromatic heterocycles. The Bertz CT molecular complexity index is 356. The quantitative estimate of drug-likeness (QED) is 0.877. The maximum atomic E-state index is 12.7. The molecule has 6 heteroatoms. The molecule has 0 spiro atoms. The third kappa shape index (κ3) is 2.73. The van der Waals surface area contributed by atoms with Crippen LogP contribution in [0, 0.1) is 5.82 Å². The average Bonchev–Trinajstić information content (AvgIpc) is 2.11. The Morgan fingerprint density at radius 2 is 2.07 bits per heavy atom. The third-order valence-electron chi connectivity index (χ3n) is 1.39. The van der Waals surface area contributed by atoms with Crippen LogP contribution in [0.5, 0.6) is 0 Å². The predicted octanol–water partition coefficient (Wildman–Crippen LogP) is 2.79. The van der Waals surface area contributed by atoms with Gasteiger partial charge in [0, 0.05) is 5.69 Å². The normalized spacial score (nSPS) is 10.4. The van der Waals surface area contributed by atoms with Gasteiger partial charge in [-0.2, -0.15) is 8.78 Å². The van der Waals surface area contributed by atoms with E-state index in [1.165, 1.54) is 12.1 Å². The van der Waals surface area contributed by atoms with Crippen molar-refractivity contribution < 1.29 is 18.0 Å². The van der Waals surface area contributed by atoms with E-state index in [2.05, 4.69) is 15.9 Å². The number of halogens is 4. The van der Waals surface area contributed by atoms with E-state index in [0.717, 1.165) is 6.07 Å². The molecule has 1 N–H and O–H groups in total. The van der Waals surface area contributed by atoms with Crippen LogP contribution in [0.2, 0.25) is 0 Å². The summed E-state index contributed by atoms with van der Waals surface area (Å²) in [4.78, 5) is 10.5. The van der Waals surface area contributed by atoms with Crippen molar-refractivity contribution in [3.63, 3.8) is 0 Å². The number of hydrogen-bond donors (Lipinski definition) is 1. The molecule has 0 radical (unpaired) electrons. The van der Waals surface area contributed by atoms with Gasteiger partial charge in [-0.15, -0.1) is 0 Å². The van der Waals surface area contributed by atoms with Gasteiger partial charge in [-0.05, 0) is 34.1 Å². The van der Waals surface area contributed by atoms with Gasteiger partial charge in [-0.1, -0.05) is 0 Å². The first-order chi connectivity index (χ1) is 6.50. The molecule has 0 heterocycles. The highest BCUT2D eigenvalue weighted by molar-refractivity contribution is 9.10. The highest BCUT2D eigenvalue weighted by Crippen LogP contribution is 2.20. The van der Waals surface area contributed by atoms with Crippen LogP contribution in [0.1, 0.15) is 0 Å². The average molecular weight is 268 g/mol. The largest absolute Gasteiger partial charge is 0.321 e. The number of nitrogens with one attached hydrogen (secondary N) is 1. The molecule has 1 amide bonds. The van der Waals surface area contributed by atoms with Crippen LogP contribution in [0.25, 0.3) is 0 Å². The molecular weight excluding hydrogens is 263 g/mol. The lowest BCUT2D eigenvalue weighted by atomic mass is 10.3. The number of benzene rings is 1. The van der Waals surface area contributed by atoms with Crippen LogP contribution < -0.4 is 5.32 Å². The molecule has 1 rings (SSSR count). The smallest absolute Gasteiger partial charge is 0.315 e. The Labute approximate surface area is 86.2 Å². The fraction of sp³-hybridized carbons (Fsp3) is 0.125. The number of rotatable bonds is 2. The molecule has 0 bridgehead atoms. The minimum atomic E-state index is -3.08. The van der Waals surface area contributed by atoms with E-state index in [1.54, 1.807) is 0 Å². The van der Waals surface area contributed by atoms with Crippen LogP contribution in [-0.4, -0.2) is 12.3 Å². The fourth-order valence-corrected chi connectivity index (χ4v) is 1.15. The van der Waals surface area contributed by atoms with Gasteiger partial charge in [0.15, 0.2) is 0 Å². The molecule has 1 aromatic carbocycles. The molecule has 0 unspecified atom stereocenters. The number of carbonyl (C=O) groups is 1. The SMILES string of the molecule is O=C(Nc1ccc(F)c(Br)c1)C(F)F. The zero-order valence-electron chi connectivity index (χ0n) is 6.73. The van der Waals surface area contributed by atoms with Gasteiger partial charge in [0.1, 0.15) is 5.82 Å². The number of carbonyl (C=O) groups excluding carboxylic acids is 1. The Morgan fingerprint density at radius 1 is 1.43 bits per heavy atom. The highest BCUT2D eigenvalue weighted by atomic mass is 79.9. The lowest BCUT2D eigenvalue weighted by molar-refractivity contribution is -0.126. The summed E-state index contributed by atoms with van der Waals surface area (Å²) in [6.45, 7) is 0. The van der Waals surface area contributed by atoms with Gasteiger partial charge in [0.2, 0.25) is 0 Å². The van der Waals surface area contributed by atoms with E-state index < -0.39 is 18.1 Å². The van der Waals surface area contributed by atoms with E-state index >= 15 is 0 Å². The zero-order valence-corrected chi connectivity index (χ0v) is 8.32. The molecule has 0 fully saturated rings. The molecule has 0 atom stereocenters. The Balaban J connectivity index is 2.78. The second kappa shape index (κ2) is 4.45. The summed E-state index contributed by atoms with van der Waals surface area (Å²) in [5, 5.41) is 1.92. The van der Waals surface area contributed by atoms with E-state index in [-0.39, 0.29) is 10.2 Å². The molecule has 2 nitrogen and oxygen atoms in total. The van der Waals surface area contributed by atoms with Gasteiger partial charge >= 0.3 is 6.43 Å². The molecule has 0 aliphatic rings. The molecule has 1 aromatic rings. The van der Waals surface area contributed by atoms with Crippen molar-refractivity contribution in [2.45, 2.75) is 6.43 Å². The number of hydrogen-bond acceptors (Lipinski definition) is 1. The zero-order chi connectivity index (χ0) is 10.7. The van der Waals surface area contributed by atoms with Crippen LogP contribution >= 0.6 is 15.9 Å². The molecule has 0 aliphatic carbocycles. The van der Waals surface area contributed by atoms with Gasteiger partial charge in [0.05, 0.1) is 4.47 Å². The van der Waals surface area contributed by atoms with Gasteiger partial charge < -0.3 is 5.32 Å². The second-order valence-electron chi connectivity index (χ2n) is 2.42. The van der Waals surface area contributed by atoms with Crippen molar-refractivity contribution in [1.82, 2.24) is 0 Å². The molecule has 0 aliphatic heterocycles. The summed E-state index contributed by atoms with van der Waals surface area (Å²) in [5.41, 5.74) is 0.114. The van der Waals surface area contributed by atoms with Crippen molar-refractivity contribution in [3.8, 4) is 0 Å². The van der Waals surface area contributed by atoms with Crippen molar-refractivity contribution in [2.75, 3.05) is 5.32 Å². The topological polar surface area (TPSA) is 29.1 Å². The van der Waals surface area contributed by atoms with Crippen molar-refractivity contribution in [1.29, 1.82) is 0 Å². The van der Waals surface area contributed by atoms with Crippen LogP contribution in [0.15, 0.2) is 22.7 Å². The lowest BCUT2D eigenvalue weighted by Crippen LogP contribution is -2.19. The number of anilines is 1. The van der Waals surface area contributed by atoms with Gasteiger partial charge in [-0.3, -0.25) is 4.79 Å². The minimum Gasteiger partial charge on any atom is -0.321 e. The van der Waals surface area contributed by atoms with E-state index in [1.807, 2.05) is 5.32 Å². The second-order valence-corrected chi connectivity index (χ2v) is 3.27. The Hall–Kier alpha value is -1.04.